The highest BCUT2D eigenvalue weighted by Crippen LogP contribution is 2.29. The Hall–Kier alpha value is -3.48. The summed E-state index contributed by atoms with van der Waals surface area (Å²) in [5, 5.41) is 13.0. The number of hydrogen-bond acceptors (Lipinski definition) is 8. The zero-order valence-electron chi connectivity index (χ0n) is 19.0. The third kappa shape index (κ3) is 4.53. The molecule has 9 heteroatoms. The lowest BCUT2D eigenvalue weighted by molar-refractivity contribution is -0.00571. The second-order valence-corrected chi connectivity index (χ2v) is 8.66. The maximum atomic E-state index is 9.66. The van der Waals surface area contributed by atoms with Crippen molar-refractivity contribution in [3.8, 4) is 28.6 Å². The van der Waals surface area contributed by atoms with E-state index in [0.717, 1.165) is 67.6 Å². The van der Waals surface area contributed by atoms with Gasteiger partial charge in [0.1, 0.15) is 11.9 Å². The van der Waals surface area contributed by atoms with Crippen molar-refractivity contribution in [1.29, 1.82) is 5.26 Å². The highest BCUT2D eigenvalue weighted by molar-refractivity contribution is 5.72. The second-order valence-electron chi connectivity index (χ2n) is 8.66. The Morgan fingerprint density at radius 3 is 2.42 bits per heavy atom. The molecule has 0 amide bonds. The number of anilines is 2. The number of aromatic nitrogens is 4. The highest BCUT2D eigenvalue weighted by Gasteiger charge is 2.24. The zero-order valence-corrected chi connectivity index (χ0v) is 19.0. The van der Waals surface area contributed by atoms with Crippen LogP contribution < -0.4 is 15.1 Å². The largest absolute Gasteiger partial charge is 0.372 e. The van der Waals surface area contributed by atoms with Crippen LogP contribution in [0.2, 0.25) is 0 Å². The van der Waals surface area contributed by atoms with Gasteiger partial charge in [0.2, 0.25) is 5.95 Å². The van der Waals surface area contributed by atoms with Crippen LogP contribution in [0.5, 0.6) is 0 Å². The minimum Gasteiger partial charge on any atom is -0.372 e. The predicted octanol–water partition coefficient (Wildman–Crippen LogP) is 2.43. The summed E-state index contributed by atoms with van der Waals surface area (Å²) in [7, 11) is 0. The van der Waals surface area contributed by atoms with E-state index in [9.17, 15) is 5.26 Å². The molecule has 3 aromatic rings. The van der Waals surface area contributed by atoms with Gasteiger partial charge in [0.05, 0.1) is 23.5 Å². The fourth-order valence-corrected chi connectivity index (χ4v) is 4.54. The quantitative estimate of drug-likeness (QED) is 0.632. The molecule has 2 N–H and O–H groups in total. The molecule has 0 radical (unpaired) electrons. The number of morpholine rings is 1. The van der Waals surface area contributed by atoms with E-state index in [1.54, 1.807) is 6.20 Å². The van der Waals surface area contributed by atoms with E-state index in [1.165, 1.54) is 0 Å². The average molecular weight is 445 g/mol. The molecule has 0 spiro atoms. The van der Waals surface area contributed by atoms with Gasteiger partial charge in [-0.05, 0) is 32.0 Å². The van der Waals surface area contributed by atoms with Crippen molar-refractivity contribution in [1.82, 2.24) is 25.3 Å². The van der Waals surface area contributed by atoms with Gasteiger partial charge < -0.3 is 24.8 Å². The zero-order chi connectivity index (χ0) is 22.8. The van der Waals surface area contributed by atoms with Gasteiger partial charge in [0.25, 0.3) is 0 Å². The number of aromatic amines is 1. The van der Waals surface area contributed by atoms with Crippen molar-refractivity contribution >= 4 is 11.8 Å². The predicted molar refractivity (Wildman–Crippen MR) is 127 cm³/mol. The van der Waals surface area contributed by atoms with Gasteiger partial charge in [0, 0.05) is 74.7 Å². The molecule has 3 aromatic heterocycles. The molecule has 0 saturated carbocycles. The first-order valence-corrected chi connectivity index (χ1v) is 11.4. The molecule has 9 nitrogen and oxygen atoms in total. The molecule has 0 bridgehead atoms. The first-order valence-electron chi connectivity index (χ1n) is 11.4. The van der Waals surface area contributed by atoms with Crippen molar-refractivity contribution in [2.45, 2.75) is 26.1 Å². The van der Waals surface area contributed by atoms with Crippen LogP contribution in [0, 0.1) is 11.3 Å². The minimum absolute atomic E-state index is 0.153. The lowest BCUT2D eigenvalue weighted by Gasteiger charge is -2.35. The average Bonchev–Trinajstić information content (AvgIpc) is 3.29. The molecule has 2 saturated heterocycles. The summed E-state index contributed by atoms with van der Waals surface area (Å²) in [5.41, 5.74) is 4.17. The van der Waals surface area contributed by atoms with E-state index in [-0.39, 0.29) is 12.2 Å². The van der Waals surface area contributed by atoms with Crippen LogP contribution in [0.3, 0.4) is 0 Å². The monoisotopic (exact) mass is 444 g/mol. The topological polar surface area (TPSA) is 106 Å². The van der Waals surface area contributed by atoms with Gasteiger partial charge in [-0.2, -0.15) is 5.26 Å². The fourth-order valence-electron chi connectivity index (χ4n) is 4.54. The number of hydrogen-bond donors (Lipinski definition) is 2. The maximum Gasteiger partial charge on any atom is 0.225 e. The molecule has 0 aliphatic carbocycles. The molecule has 33 heavy (non-hydrogen) atoms. The van der Waals surface area contributed by atoms with Crippen LogP contribution >= 0.6 is 0 Å². The number of rotatable bonds is 4. The Kier molecular flexibility index (Phi) is 5.94. The van der Waals surface area contributed by atoms with Gasteiger partial charge in [-0.3, -0.25) is 4.98 Å². The number of nitriles is 1. The van der Waals surface area contributed by atoms with Crippen molar-refractivity contribution in [3.63, 3.8) is 0 Å². The minimum atomic E-state index is 0.153. The van der Waals surface area contributed by atoms with E-state index in [0.29, 0.717) is 11.5 Å². The smallest absolute Gasteiger partial charge is 0.225 e. The highest BCUT2D eigenvalue weighted by atomic mass is 16.5. The molecule has 2 fully saturated rings. The van der Waals surface area contributed by atoms with Gasteiger partial charge in [-0.1, -0.05) is 0 Å². The third-order valence-corrected chi connectivity index (χ3v) is 6.06. The van der Waals surface area contributed by atoms with Gasteiger partial charge >= 0.3 is 0 Å². The van der Waals surface area contributed by atoms with Crippen LogP contribution in [0.1, 0.15) is 19.4 Å². The molecular weight excluding hydrogens is 416 g/mol. The number of H-pyrrole nitrogens is 1. The maximum absolute atomic E-state index is 9.66. The molecular formula is C24H28N8O. The molecule has 5 rings (SSSR count). The summed E-state index contributed by atoms with van der Waals surface area (Å²) in [6, 6.07) is 8.20. The number of nitrogens with zero attached hydrogens (tertiary/aromatic N) is 6. The van der Waals surface area contributed by atoms with Gasteiger partial charge in [-0.25, -0.2) is 9.97 Å². The Bertz CT molecular complexity index is 1140. The molecule has 5 heterocycles. The summed E-state index contributed by atoms with van der Waals surface area (Å²) in [6.45, 7) is 9.27. The summed E-state index contributed by atoms with van der Waals surface area (Å²) in [6.07, 6.45) is 5.73. The summed E-state index contributed by atoms with van der Waals surface area (Å²) < 4.78 is 5.81. The first-order chi connectivity index (χ1) is 16.1. The van der Waals surface area contributed by atoms with Crippen molar-refractivity contribution in [2.24, 2.45) is 0 Å². The van der Waals surface area contributed by atoms with Gasteiger partial charge in [-0.15, -0.1) is 0 Å². The van der Waals surface area contributed by atoms with Crippen molar-refractivity contribution in [3.05, 3.63) is 42.4 Å². The SMILES string of the molecule is C[C@@H]1CN(c2ncc(-c3cc(-c4cc(C#N)c(N5CCNCC5)[nH]4)ccn3)cn2)C[C@H](C)O1. The van der Waals surface area contributed by atoms with Crippen LogP contribution in [0.4, 0.5) is 11.8 Å². The molecule has 2 aliphatic heterocycles. The first kappa shape index (κ1) is 21.4. The van der Waals surface area contributed by atoms with Crippen LogP contribution in [0.25, 0.3) is 22.5 Å². The summed E-state index contributed by atoms with van der Waals surface area (Å²) >= 11 is 0. The van der Waals surface area contributed by atoms with E-state index in [1.807, 2.05) is 30.6 Å². The van der Waals surface area contributed by atoms with Crippen LogP contribution in [0.15, 0.2) is 36.8 Å². The molecule has 2 atom stereocenters. The lowest BCUT2D eigenvalue weighted by Crippen LogP contribution is -2.46. The number of ether oxygens (including phenoxy) is 1. The van der Waals surface area contributed by atoms with Crippen LogP contribution in [-0.2, 0) is 4.74 Å². The molecule has 0 unspecified atom stereocenters. The second kappa shape index (κ2) is 9.17. The summed E-state index contributed by atoms with van der Waals surface area (Å²) in [5.74, 6) is 1.59. The standard InChI is InChI=1S/C24H28N8O/c1-16-14-32(15-17(2)33-16)24-28-12-20(13-29-24)21-9-18(3-4-27-21)22-10-19(11-25)23(30-22)31-7-5-26-6-8-31/h3-4,9-10,12-13,16-17,26,30H,5-8,14-15H2,1-2H3/t16-,17+. The van der Waals surface area contributed by atoms with Crippen molar-refractivity contribution < 1.29 is 4.74 Å². The Labute approximate surface area is 193 Å². The van der Waals surface area contributed by atoms with E-state index < -0.39 is 0 Å². The Balaban J connectivity index is 1.39. The van der Waals surface area contributed by atoms with Crippen molar-refractivity contribution in [2.75, 3.05) is 49.1 Å². The molecule has 0 aromatic carbocycles. The lowest BCUT2D eigenvalue weighted by atomic mass is 10.1. The number of nitrogens with one attached hydrogen (secondary N) is 2. The normalized spacial score (nSPS) is 21.1. The van der Waals surface area contributed by atoms with E-state index >= 15 is 0 Å². The number of piperazine rings is 1. The van der Waals surface area contributed by atoms with E-state index in [4.69, 9.17) is 4.74 Å². The molecule has 170 valence electrons. The summed E-state index contributed by atoms with van der Waals surface area (Å²) in [4.78, 5) is 21.6. The van der Waals surface area contributed by atoms with Gasteiger partial charge in [0.15, 0.2) is 0 Å². The third-order valence-electron chi connectivity index (χ3n) is 6.06. The molecule has 2 aliphatic rings. The van der Waals surface area contributed by atoms with Crippen LogP contribution in [-0.4, -0.2) is 71.4 Å². The fraction of sp³-hybridized carbons (Fsp3) is 0.417. The number of pyridine rings is 1. The van der Waals surface area contributed by atoms with E-state index in [2.05, 4.69) is 55.0 Å². The Morgan fingerprint density at radius 2 is 1.73 bits per heavy atom. The Morgan fingerprint density at radius 1 is 1.00 bits per heavy atom.